The lowest BCUT2D eigenvalue weighted by Crippen LogP contribution is -2.31. The highest BCUT2D eigenvalue weighted by Crippen LogP contribution is 2.31. The van der Waals surface area contributed by atoms with Gasteiger partial charge in [0.1, 0.15) is 26.5 Å². The van der Waals surface area contributed by atoms with E-state index in [4.69, 9.17) is 35.5 Å². The van der Waals surface area contributed by atoms with Crippen LogP contribution in [0.4, 0.5) is 0 Å². The Morgan fingerprint density at radius 3 is 2.44 bits per heavy atom. The molecule has 3 rings (SSSR count). The minimum absolute atomic E-state index is 0.0132. The number of hydrogen-bond acceptors (Lipinski definition) is 10. The Balaban J connectivity index is 1.97. The maximum atomic E-state index is 12.8. The summed E-state index contributed by atoms with van der Waals surface area (Å²) in [6.07, 6.45) is 1.60. The summed E-state index contributed by atoms with van der Waals surface area (Å²) in [7, 11) is 3.15. The van der Waals surface area contributed by atoms with E-state index in [2.05, 4.69) is 4.98 Å². The predicted molar refractivity (Wildman–Crippen MR) is 137 cm³/mol. The minimum Gasteiger partial charge on any atom is -0.497 e. The van der Waals surface area contributed by atoms with Crippen molar-refractivity contribution in [3.63, 3.8) is 0 Å². The number of pyridine rings is 1. The smallest absolute Gasteiger partial charge is 0.350 e. The highest BCUT2D eigenvalue weighted by Gasteiger charge is 2.24. The van der Waals surface area contributed by atoms with Gasteiger partial charge in [-0.25, -0.2) is 14.8 Å². The van der Waals surface area contributed by atoms with Crippen molar-refractivity contribution in [3.8, 4) is 22.1 Å². The molecule has 0 atom stereocenters. The Kier molecular flexibility index (Phi) is 10.0. The van der Waals surface area contributed by atoms with E-state index in [1.165, 1.54) is 11.3 Å². The molecule has 0 spiro atoms. The van der Waals surface area contributed by atoms with Crippen molar-refractivity contribution >= 4 is 34.9 Å². The van der Waals surface area contributed by atoms with Gasteiger partial charge in [0.2, 0.25) is 0 Å². The van der Waals surface area contributed by atoms with E-state index < -0.39 is 5.97 Å². The second-order valence-electron chi connectivity index (χ2n) is 7.51. The van der Waals surface area contributed by atoms with Gasteiger partial charge in [-0.2, -0.15) is 0 Å². The number of hydrogen-bond donors (Lipinski definition) is 0. The third kappa shape index (κ3) is 7.16. The number of carbonyl (C=O) groups is 2. The Hall–Kier alpha value is -3.21. The van der Waals surface area contributed by atoms with E-state index in [-0.39, 0.29) is 32.3 Å². The molecule has 11 heteroatoms. The number of nitrogens with zero attached hydrogens (tertiary/aromatic N) is 3. The fourth-order valence-electron chi connectivity index (χ4n) is 3.43. The average molecular weight is 534 g/mol. The quantitative estimate of drug-likeness (QED) is 0.244. The van der Waals surface area contributed by atoms with Crippen molar-refractivity contribution in [2.45, 2.75) is 26.9 Å². The third-order valence-electron chi connectivity index (χ3n) is 5.05. The van der Waals surface area contributed by atoms with Gasteiger partial charge in [-0.3, -0.25) is 9.69 Å². The molecule has 2 heterocycles. The van der Waals surface area contributed by atoms with Gasteiger partial charge < -0.3 is 18.9 Å². The molecule has 192 valence electrons. The number of thiazole rings is 1. The van der Waals surface area contributed by atoms with E-state index in [9.17, 15) is 9.59 Å². The summed E-state index contributed by atoms with van der Waals surface area (Å²) in [4.78, 5) is 36.2. The van der Waals surface area contributed by atoms with Crippen LogP contribution in [0.5, 0.6) is 11.5 Å². The van der Waals surface area contributed by atoms with E-state index in [0.29, 0.717) is 38.8 Å². The molecule has 0 saturated heterocycles. The summed E-state index contributed by atoms with van der Waals surface area (Å²) in [5.41, 5.74) is 2.03. The van der Waals surface area contributed by atoms with E-state index in [0.717, 1.165) is 11.1 Å². The maximum absolute atomic E-state index is 12.8. The molecule has 0 N–H and O–H groups in total. The molecule has 0 amide bonds. The molecule has 1 aromatic carbocycles. The zero-order chi connectivity index (χ0) is 26.1. The van der Waals surface area contributed by atoms with Crippen molar-refractivity contribution in [1.82, 2.24) is 14.9 Å². The molecule has 36 heavy (non-hydrogen) atoms. The van der Waals surface area contributed by atoms with Crippen LogP contribution < -0.4 is 9.47 Å². The first-order chi connectivity index (χ1) is 17.4. The number of rotatable bonds is 12. The first-order valence-corrected chi connectivity index (χ1v) is 12.5. The fraction of sp³-hybridized carbons (Fsp3) is 0.360. The summed E-state index contributed by atoms with van der Waals surface area (Å²) in [6, 6.07) is 8.90. The summed E-state index contributed by atoms with van der Waals surface area (Å²) in [5.74, 6) is 0.397. The van der Waals surface area contributed by atoms with Gasteiger partial charge in [-0.15, -0.1) is 11.3 Å². The number of carbonyl (C=O) groups excluding carboxylic acids is 2. The molecule has 0 saturated carbocycles. The summed E-state index contributed by atoms with van der Waals surface area (Å²) in [5, 5.41) is 0.950. The lowest BCUT2D eigenvalue weighted by Gasteiger charge is -2.22. The molecule has 0 aliphatic heterocycles. The van der Waals surface area contributed by atoms with Crippen LogP contribution in [0.2, 0.25) is 5.15 Å². The number of halogens is 1. The van der Waals surface area contributed by atoms with Crippen LogP contribution in [-0.2, 0) is 27.4 Å². The van der Waals surface area contributed by atoms with Crippen LogP contribution in [0.25, 0.3) is 10.6 Å². The third-order valence-corrected chi connectivity index (χ3v) is 6.40. The van der Waals surface area contributed by atoms with Crippen molar-refractivity contribution in [1.29, 1.82) is 0 Å². The fourth-order valence-corrected chi connectivity index (χ4v) is 4.50. The summed E-state index contributed by atoms with van der Waals surface area (Å²) < 4.78 is 21.3. The van der Waals surface area contributed by atoms with E-state index in [1.54, 1.807) is 52.5 Å². The SMILES string of the molecule is CCOC(=O)CN(Cc1ccc(OC)cc1OC)Cc1nc(-c2ccc(Cl)nc2)sc1C(=O)OCC. The van der Waals surface area contributed by atoms with Gasteiger partial charge in [0.25, 0.3) is 0 Å². The van der Waals surface area contributed by atoms with Gasteiger partial charge in [0.15, 0.2) is 0 Å². The van der Waals surface area contributed by atoms with Gasteiger partial charge in [0, 0.05) is 36.5 Å². The topological polar surface area (TPSA) is 100 Å². The number of methoxy groups -OCH3 is 2. The van der Waals surface area contributed by atoms with E-state index >= 15 is 0 Å². The number of esters is 2. The van der Waals surface area contributed by atoms with Crippen LogP contribution in [0, 0.1) is 0 Å². The zero-order valence-electron chi connectivity index (χ0n) is 20.6. The van der Waals surface area contributed by atoms with Gasteiger partial charge >= 0.3 is 11.9 Å². The molecule has 9 nitrogen and oxygen atoms in total. The van der Waals surface area contributed by atoms with Crippen molar-refractivity contribution in [2.75, 3.05) is 34.0 Å². The molecular weight excluding hydrogens is 506 g/mol. The second-order valence-corrected chi connectivity index (χ2v) is 8.90. The van der Waals surface area contributed by atoms with Gasteiger partial charge in [-0.05, 0) is 32.0 Å². The van der Waals surface area contributed by atoms with Gasteiger partial charge in [-0.1, -0.05) is 17.7 Å². The first-order valence-electron chi connectivity index (χ1n) is 11.3. The van der Waals surface area contributed by atoms with Crippen molar-refractivity contribution in [2.24, 2.45) is 0 Å². The molecule has 0 aliphatic carbocycles. The normalized spacial score (nSPS) is 10.8. The molecule has 0 aliphatic rings. The average Bonchev–Trinajstić information content (AvgIpc) is 3.28. The van der Waals surface area contributed by atoms with Crippen LogP contribution in [0.1, 0.15) is 34.8 Å². The largest absolute Gasteiger partial charge is 0.497 e. The van der Waals surface area contributed by atoms with Gasteiger partial charge in [0.05, 0.1) is 39.7 Å². The first kappa shape index (κ1) is 27.4. The number of aromatic nitrogens is 2. The Bertz CT molecular complexity index is 1190. The molecule has 0 unspecified atom stereocenters. The minimum atomic E-state index is -0.476. The molecule has 0 fully saturated rings. The lowest BCUT2D eigenvalue weighted by molar-refractivity contribution is -0.144. The van der Waals surface area contributed by atoms with Crippen molar-refractivity contribution < 1.29 is 28.5 Å². The maximum Gasteiger partial charge on any atom is 0.350 e. The highest BCUT2D eigenvalue weighted by atomic mass is 35.5. The molecule has 2 aromatic heterocycles. The summed E-state index contributed by atoms with van der Waals surface area (Å²) >= 11 is 7.12. The van der Waals surface area contributed by atoms with Crippen LogP contribution in [0.15, 0.2) is 36.5 Å². The Morgan fingerprint density at radius 2 is 1.81 bits per heavy atom. The summed E-state index contributed by atoms with van der Waals surface area (Å²) in [6.45, 7) is 4.50. The van der Waals surface area contributed by atoms with Crippen LogP contribution in [0.3, 0.4) is 0 Å². The van der Waals surface area contributed by atoms with E-state index in [1.807, 2.05) is 17.0 Å². The number of benzene rings is 1. The number of ether oxygens (including phenoxy) is 4. The van der Waals surface area contributed by atoms with Crippen molar-refractivity contribution in [3.05, 3.63) is 57.8 Å². The van der Waals surface area contributed by atoms with Crippen LogP contribution in [-0.4, -0.2) is 60.8 Å². The second kappa shape index (κ2) is 13.2. The van der Waals surface area contributed by atoms with Crippen LogP contribution >= 0.6 is 22.9 Å². The predicted octanol–water partition coefficient (Wildman–Crippen LogP) is 4.62. The zero-order valence-corrected chi connectivity index (χ0v) is 22.1. The molecular formula is C25H28ClN3O6S. The monoisotopic (exact) mass is 533 g/mol. The Morgan fingerprint density at radius 1 is 1.03 bits per heavy atom. The Labute approximate surface area is 218 Å². The molecule has 0 bridgehead atoms. The highest BCUT2D eigenvalue weighted by molar-refractivity contribution is 7.17. The standard InChI is InChI=1S/C25H28ClN3O6S/c1-5-34-22(30)15-29(13-17-7-9-18(32-3)11-20(17)33-4)14-19-23(25(31)35-6-2)36-24(28-19)16-8-10-21(26)27-12-16/h7-12H,5-6,13-15H2,1-4H3. The molecule has 3 aromatic rings. The lowest BCUT2D eigenvalue weighted by atomic mass is 10.1. The molecule has 0 radical (unpaired) electrons.